The highest BCUT2D eigenvalue weighted by molar-refractivity contribution is 7.99. The number of aryl methyl sites for hydroxylation is 1. The predicted octanol–water partition coefficient (Wildman–Crippen LogP) is -0.0976. The van der Waals surface area contributed by atoms with Crippen molar-refractivity contribution in [2.45, 2.75) is 30.7 Å². The summed E-state index contributed by atoms with van der Waals surface area (Å²) in [5.74, 6) is -0.299. The number of thioether (sulfide) groups is 1. The van der Waals surface area contributed by atoms with E-state index in [9.17, 15) is 14.4 Å². The number of ether oxygens (including phenoxy) is 1. The predicted molar refractivity (Wildman–Crippen MR) is 66.7 cm³/mol. The van der Waals surface area contributed by atoms with E-state index in [0.717, 1.165) is 0 Å². The van der Waals surface area contributed by atoms with Gasteiger partial charge in [-0.25, -0.2) is 0 Å². The molecule has 0 saturated carbocycles. The molecule has 1 aromatic rings. The van der Waals surface area contributed by atoms with Crippen LogP contribution in [0, 0.1) is 0 Å². The van der Waals surface area contributed by atoms with Crippen LogP contribution < -0.4 is 11.1 Å². The van der Waals surface area contributed by atoms with E-state index in [1.807, 2.05) is 6.92 Å². The third-order valence-electron chi connectivity index (χ3n) is 2.01. The van der Waals surface area contributed by atoms with Crippen LogP contribution in [-0.2, 0) is 16.6 Å². The van der Waals surface area contributed by atoms with Crippen LogP contribution in [-0.4, -0.2) is 32.6 Å². The molecular formula is C10H15N3O4S. The lowest BCUT2D eigenvalue weighted by Gasteiger charge is -2.11. The first-order valence-electron chi connectivity index (χ1n) is 5.43. The zero-order chi connectivity index (χ0) is 13.7. The topological polar surface area (TPSA) is 94.1 Å². The van der Waals surface area contributed by atoms with Crippen LogP contribution in [0.5, 0.6) is 0 Å². The normalized spacial score (nSPS) is 12.2. The molecule has 0 amide bonds. The maximum Gasteiger partial charge on any atom is 0.339 e. The molecule has 0 aromatic carbocycles. The molecule has 1 N–H and O–H groups in total. The molecular weight excluding hydrogens is 258 g/mol. The fraction of sp³-hybridized carbons (Fsp3) is 0.600. The molecule has 1 atom stereocenters. The summed E-state index contributed by atoms with van der Waals surface area (Å²) < 4.78 is 6.18. The Morgan fingerprint density at radius 3 is 2.83 bits per heavy atom. The molecule has 0 radical (unpaired) electrons. The van der Waals surface area contributed by atoms with Gasteiger partial charge in [0.15, 0.2) is 5.16 Å². The molecule has 1 heterocycles. The quantitative estimate of drug-likeness (QED) is 0.457. The van der Waals surface area contributed by atoms with Crippen molar-refractivity contribution in [1.82, 2.24) is 14.8 Å². The van der Waals surface area contributed by atoms with Gasteiger partial charge < -0.3 is 4.74 Å². The maximum atomic E-state index is 11.3. The lowest BCUT2D eigenvalue weighted by atomic mass is 10.3. The fourth-order valence-corrected chi connectivity index (χ4v) is 2.16. The van der Waals surface area contributed by atoms with Crippen LogP contribution in [0.4, 0.5) is 0 Å². The Bertz CT molecular complexity index is 537. The van der Waals surface area contributed by atoms with Gasteiger partial charge in [-0.1, -0.05) is 18.7 Å². The second-order valence-electron chi connectivity index (χ2n) is 3.64. The number of hydrogen-bond donors (Lipinski definition) is 1. The van der Waals surface area contributed by atoms with E-state index in [1.54, 1.807) is 14.0 Å². The molecule has 1 rings (SSSR count). The zero-order valence-electron chi connectivity index (χ0n) is 10.4. The molecule has 0 aliphatic carbocycles. The Morgan fingerprint density at radius 1 is 1.56 bits per heavy atom. The van der Waals surface area contributed by atoms with Crippen molar-refractivity contribution >= 4 is 17.7 Å². The van der Waals surface area contributed by atoms with Crippen LogP contribution in [0.2, 0.25) is 0 Å². The lowest BCUT2D eigenvalue weighted by Crippen LogP contribution is -2.34. The fourth-order valence-electron chi connectivity index (χ4n) is 1.24. The molecule has 100 valence electrons. The van der Waals surface area contributed by atoms with E-state index in [4.69, 9.17) is 4.74 Å². The second kappa shape index (κ2) is 6.39. The van der Waals surface area contributed by atoms with E-state index in [2.05, 4.69) is 10.1 Å². The van der Waals surface area contributed by atoms with Gasteiger partial charge in [0.2, 0.25) is 0 Å². The van der Waals surface area contributed by atoms with E-state index in [0.29, 0.717) is 11.8 Å². The van der Waals surface area contributed by atoms with Gasteiger partial charge in [0, 0.05) is 12.3 Å². The number of hydrogen-bond acceptors (Lipinski definition) is 6. The maximum absolute atomic E-state index is 11.3. The molecule has 0 spiro atoms. The molecule has 8 heteroatoms. The number of esters is 1. The van der Waals surface area contributed by atoms with Crippen LogP contribution in [0.25, 0.3) is 0 Å². The summed E-state index contributed by atoms with van der Waals surface area (Å²) in [6.45, 7) is 3.90. The third kappa shape index (κ3) is 4.02. The van der Waals surface area contributed by atoms with Crippen molar-refractivity contribution in [2.75, 3.05) is 6.61 Å². The van der Waals surface area contributed by atoms with Gasteiger partial charge in [-0.15, -0.1) is 0 Å². The van der Waals surface area contributed by atoms with Crippen LogP contribution in [0.15, 0.2) is 14.7 Å². The Balaban J connectivity index is 2.73. The Kier molecular flexibility index (Phi) is 5.14. The average Bonchev–Trinajstić information content (AvgIpc) is 2.26. The monoisotopic (exact) mass is 273 g/mol. The van der Waals surface area contributed by atoms with Crippen molar-refractivity contribution in [3.8, 4) is 0 Å². The van der Waals surface area contributed by atoms with Gasteiger partial charge in [0.1, 0.15) is 0 Å². The van der Waals surface area contributed by atoms with E-state index in [1.165, 1.54) is 16.4 Å². The standard InChI is InChI=1S/C10H15N3O4S/c1-4-17-7(14)5-6(2)18-10-11-8(15)9(16)12-13(10)3/h6H,4-5H2,1-3H3,(H,12,16). The van der Waals surface area contributed by atoms with Crippen molar-refractivity contribution in [1.29, 1.82) is 0 Å². The number of aromatic amines is 1. The van der Waals surface area contributed by atoms with Crippen LogP contribution in [0.3, 0.4) is 0 Å². The summed E-state index contributed by atoms with van der Waals surface area (Å²) in [6.07, 6.45) is 0.216. The van der Waals surface area contributed by atoms with Gasteiger partial charge in [0.25, 0.3) is 0 Å². The van der Waals surface area contributed by atoms with Crippen molar-refractivity contribution < 1.29 is 9.53 Å². The molecule has 0 fully saturated rings. The molecule has 1 unspecified atom stereocenters. The minimum Gasteiger partial charge on any atom is -0.466 e. The summed E-state index contributed by atoms with van der Waals surface area (Å²) in [7, 11) is 1.58. The third-order valence-corrected chi connectivity index (χ3v) is 3.16. The number of nitrogens with zero attached hydrogens (tertiary/aromatic N) is 2. The summed E-state index contributed by atoms with van der Waals surface area (Å²) in [5.41, 5.74) is -1.60. The Labute approximate surface area is 108 Å². The number of rotatable bonds is 5. The van der Waals surface area contributed by atoms with Gasteiger partial charge in [-0.3, -0.25) is 24.2 Å². The highest BCUT2D eigenvalue weighted by Gasteiger charge is 2.14. The number of carbonyl (C=O) groups excluding carboxylic acids is 1. The van der Waals surface area contributed by atoms with E-state index in [-0.39, 0.29) is 17.6 Å². The first-order chi connectivity index (χ1) is 8.43. The van der Waals surface area contributed by atoms with Crippen molar-refractivity contribution in [2.24, 2.45) is 7.05 Å². The summed E-state index contributed by atoms with van der Waals surface area (Å²) in [6, 6.07) is 0. The first-order valence-corrected chi connectivity index (χ1v) is 6.31. The smallest absolute Gasteiger partial charge is 0.339 e. The Morgan fingerprint density at radius 2 is 2.22 bits per heavy atom. The minimum atomic E-state index is -0.834. The number of H-pyrrole nitrogens is 1. The zero-order valence-corrected chi connectivity index (χ0v) is 11.2. The Hall–Kier alpha value is -1.57. The minimum absolute atomic E-state index is 0.104. The van der Waals surface area contributed by atoms with Gasteiger partial charge in [-0.05, 0) is 6.92 Å². The molecule has 7 nitrogen and oxygen atoms in total. The van der Waals surface area contributed by atoms with Crippen molar-refractivity contribution in [3.63, 3.8) is 0 Å². The summed E-state index contributed by atoms with van der Waals surface area (Å²) >= 11 is 1.23. The summed E-state index contributed by atoms with van der Waals surface area (Å²) in [4.78, 5) is 37.0. The molecule has 0 aliphatic heterocycles. The SMILES string of the molecule is CCOC(=O)CC(C)Sc1nc(=O)c(=O)[nH]n1C. The van der Waals surface area contributed by atoms with Gasteiger partial charge in [0.05, 0.1) is 13.0 Å². The molecule has 18 heavy (non-hydrogen) atoms. The molecule has 0 aliphatic rings. The highest BCUT2D eigenvalue weighted by atomic mass is 32.2. The van der Waals surface area contributed by atoms with E-state index >= 15 is 0 Å². The van der Waals surface area contributed by atoms with Crippen LogP contribution in [0.1, 0.15) is 20.3 Å². The molecule has 1 aromatic heterocycles. The number of aromatic nitrogens is 3. The molecule has 0 saturated heterocycles. The second-order valence-corrected chi connectivity index (χ2v) is 5.04. The summed E-state index contributed by atoms with van der Waals surface area (Å²) in [5, 5.41) is 2.59. The van der Waals surface area contributed by atoms with Crippen molar-refractivity contribution in [3.05, 3.63) is 20.7 Å². The first kappa shape index (κ1) is 14.5. The highest BCUT2D eigenvalue weighted by Crippen LogP contribution is 2.21. The van der Waals surface area contributed by atoms with Gasteiger partial charge >= 0.3 is 17.1 Å². The lowest BCUT2D eigenvalue weighted by molar-refractivity contribution is -0.142. The average molecular weight is 273 g/mol. The van der Waals surface area contributed by atoms with Gasteiger partial charge in [-0.2, -0.15) is 4.98 Å². The van der Waals surface area contributed by atoms with E-state index < -0.39 is 11.1 Å². The largest absolute Gasteiger partial charge is 0.466 e. The number of carbonyl (C=O) groups is 1. The molecule has 0 bridgehead atoms. The van der Waals surface area contributed by atoms with Crippen LogP contribution >= 0.6 is 11.8 Å². The number of nitrogens with one attached hydrogen (secondary N) is 1.